The summed E-state index contributed by atoms with van der Waals surface area (Å²) in [6.07, 6.45) is 1.25. The molecule has 0 aliphatic carbocycles. The lowest BCUT2D eigenvalue weighted by Crippen LogP contribution is -2.46. The van der Waals surface area contributed by atoms with Crippen molar-refractivity contribution in [2.24, 2.45) is 0 Å². The Hall–Kier alpha value is -1.77. The summed E-state index contributed by atoms with van der Waals surface area (Å²) in [5.74, 6) is -0.0827. The number of thiazole rings is 1. The van der Waals surface area contributed by atoms with E-state index in [9.17, 15) is 13.2 Å². The number of nitrogens with one attached hydrogen (secondary N) is 1. The van der Waals surface area contributed by atoms with Gasteiger partial charge in [-0.1, -0.05) is 30.3 Å². The topological polar surface area (TPSA) is 79.4 Å². The summed E-state index contributed by atoms with van der Waals surface area (Å²) in [7, 11) is -3.14. The summed E-state index contributed by atoms with van der Waals surface area (Å²) in [6, 6.07) is 9.73. The van der Waals surface area contributed by atoms with Crippen molar-refractivity contribution in [1.29, 1.82) is 0 Å². The Balaban J connectivity index is 1.58. The van der Waals surface area contributed by atoms with Gasteiger partial charge in [-0.15, -0.1) is 11.3 Å². The zero-order valence-corrected chi connectivity index (χ0v) is 15.6. The molecule has 8 heteroatoms. The number of carbonyl (C=O) groups excluding carboxylic acids is 1. The highest BCUT2D eigenvalue weighted by atomic mass is 32.2. The molecule has 0 atom stereocenters. The van der Waals surface area contributed by atoms with E-state index < -0.39 is 10.0 Å². The number of aromatic nitrogens is 1. The maximum absolute atomic E-state index is 12.4. The van der Waals surface area contributed by atoms with Crippen LogP contribution in [0.2, 0.25) is 0 Å². The van der Waals surface area contributed by atoms with Crippen molar-refractivity contribution in [2.75, 3.05) is 18.8 Å². The fraction of sp³-hybridized carbons (Fsp3) is 0.412. The second-order valence-electron chi connectivity index (χ2n) is 5.95. The molecule has 1 aliphatic heterocycles. The molecule has 3 rings (SSSR count). The van der Waals surface area contributed by atoms with E-state index in [4.69, 9.17) is 0 Å². The summed E-state index contributed by atoms with van der Waals surface area (Å²) in [6.45, 7) is 2.55. The molecule has 1 fully saturated rings. The van der Waals surface area contributed by atoms with Gasteiger partial charge >= 0.3 is 0 Å². The maximum atomic E-state index is 12.4. The van der Waals surface area contributed by atoms with Gasteiger partial charge in [-0.05, 0) is 19.8 Å². The number of benzene rings is 1. The van der Waals surface area contributed by atoms with Crippen LogP contribution >= 0.6 is 11.3 Å². The van der Waals surface area contributed by atoms with Crippen LogP contribution < -0.4 is 5.32 Å². The number of sulfonamides is 1. The molecule has 1 amide bonds. The van der Waals surface area contributed by atoms with E-state index in [2.05, 4.69) is 10.3 Å². The van der Waals surface area contributed by atoms with Gasteiger partial charge < -0.3 is 5.32 Å². The first kappa shape index (κ1) is 18.0. The van der Waals surface area contributed by atoms with Gasteiger partial charge in [0.15, 0.2) is 0 Å². The molecule has 0 unspecified atom stereocenters. The monoisotopic (exact) mass is 379 g/mol. The third-order valence-electron chi connectivity index (χ3n) is 4.30. The van der Waals surface area contributed by atoms with Gasteiger partial charge in [-0.3, -0.25) is 4.79 Å². The van der Waals surface area contributed by atoms with Crippen LogP contribution in [0.3, 0.4) is 0 Å². The highest BCUT2D eigenvalue weighted by molar-refractivity contribution is 7.89. The van der Waals surface area contributed by atoms with Crippen LogP contribution in [0.4, 0.5) is 0 Å². The maximum Gasteiger partial charge on any atom is 0.270 e. The van der Waals surface area contributed by atoms with Crippen LogP contribution in [-0.2, 0) is 10.0 Å². The highest BCUT2D eigenvalue weighted by Gasteiger charge is 2.27. The summed E-state index contributed by atoms with van der Waals surface area (Å²) < 4.78 is 25.3. The number of rotatable bonds is 5. The molecule has 25 heavy (non-hydrogen) atoms. The summed E-state index contributed by atoms with van der Waals surface area (Å²) >= 11 is 1.44. The predicted molar refractivity (Wildman–Crippen MR) is 99.1 cm³/mol. The molecule has 0 spiro atoms. The molecule has 6 nitrogen and oxygen atoms in total. The standard InChI is InChI=1S/C17H21N3O3S2/c1-2-25(22,23)20-10-8-14(9-11-20)18-16(21)15-12-24-17(19-15)13-6-4-3-5-7-13/h3-7,12,14H,2,8-11H2,1H3,(H,18,21). The van der Waals surface area contributed by atoms with E-state index >= 15 is 0 Å². The lowest BCUT2D eigenvalue weighted by molar-refractivity contribution is 0.0919. The van der Waals surface area contributed by atoms with Gasteiger partial charge in [0.1, 0.15) is 10.7 Å². The number of carbonyl (C=O) groups is 1. The molecule has 0 bridgehead atoms. The molecule has 2 heterocycles. The van der Waals surface area contributed by atoms with E-state index in [1.165, 1.54) is 15.6 Å². The molecule has 1 aromatic carbocycles. The van der Waals surface area contributed by atoms with Gasteiger partial charge in [-0.25, -0.2) is 17.7 Å². The van der Waals surface area contributed by atoms with Crippen molar-refractivity contribution in [3.05, 3.63) is 41.4 Å². The van der Waals surface area contributed by atoms with E-state index in [1.54, 1.807) is 12.3 Å². The number of hydrogen-bond acceptors (Lipinski definition) is 5. The lowest BCUT2D eigenvalue weighted by atomic mass is 10.1. The normalized spacial score (nSPS) is 16.7. The Kier molecular flexibility index (Phi) is 5.51. The van der Waals surface area contributed by atoms with Crippen molar-refractivity contribution in [3.63, 3.8) is 0 Å². The van der Waals surface area contributed by atoms with Crippen LogP contribution in [0.25, 0.3) is 10.6 Å². The van der Waals surface area contributed by atoms with Gasteiger partial charge in [0.2, 0.25) is 10.0 Å². The second-order valence-corrected chi connectivity index (χ2v) is 9.07. The third kappa shape index (κ3) is 4.26. The average molecular weight is 380 g/mol. The van der Waals surface area contributed by atoms with E-state index in [0.717, 1.165) is 10.6 Å². The smallest absolute Gasteiger partial charge is 0.270 e. The largest absolute Gasteiger partial charge is 0.348 e. The van der Waals surface area contributed by atoms with Crippen molar-refractivity contribution < 1.29 is 13.2 Å². The zero-order chi connectivity index (χ0) is 17.9. The zero-order valence-electron chi connectivity index (χ0n) is 14.0. The van der Waals surface area contributed by atoms with Crippen molar-refractivity contribution >= 4 is 27.3 Å². The van der Waals surface area contributed by atoms with Crippen molar-refractivity contribution in [2.45, 2.75) is 25.8 Å². The molecule has 1 N–H and O–H groups in total. The fourth-order valence-corrected chi connectivity index (χ4v) is 4.75. The molecule has 0 radical (unpaired) electrons. The summed E-state index contributed by atoms with van der Waals surface area (Å²) in [5.41, 5.74) is 1.40. The molecule has 2 aromatic rings. The molecule has 1 aromatic heterocycles. The summed E-state index contributed by atoms with van der Waals surface area (Å²) in [5, 5.41) is 5.55. The van der Waals surface area contributed by atoms with Crippen LogP contribution in [0.5, 0.6) is 0 Å². The number of nitrogens with zero attached hydrogens (tertiary/aromatic N) is 2. The minimum absolute atomic E-state index is 0.0160. The van der Waals surface area contributed by atoms with Gasteiger partial charge in [0.25, 0.3) is 5.91 Å². The van der Waals surface area contributed by atoms with Gasteiger partial charge in [0, 0.05) is 30.1 Å². The Morgan fingerprint density at radius 1 is 1.28 bits per heavy atom. The highest BCUT2D eigenvalue weighted by Crippen LogP contribution is 2.23. The quantitative estimate of drug-likeness (QED) is 0.865. The molecule has 0 saturated carbocycles. The Morgan fingerprint density at radius 3 is 2.60 bits per heavy atom. The second kappa shape index (κ2) is 7.63. The van der Waals surface area contributed by atoms with Crippen molar-refractivity contribution in [1.82, 2.24) is 14.6 Å². The predicted octanol–water partition coefficient (Wildman–Crippen LogP) is 2.35. The fourth-order valence-electron chi connectivity index (χ4n) is 2.81. The molecule has 134 valence electrons. The molecular formula is C17H21N3O3S2. The first-order valence-electron chi connectivity index (χ1n) is 8.29. The minimum atomic E-state index is -3.14. The van der Waals surface area contributed by atoms with Crippen LogP contribution in [0.1, 0.15) is 30.3 Å². The third-order valence-corrected chi connectivity index (χ3v) is 7.08. The summed E-state index contributed by atoms with van der Waals surface area (Å²) in [4.78, 5) is 16.8. The van der Waals surface area contributed by atoms with Gasteiger partial charge in [0.05, 0.1) is 5.75 Å². The molecule has 1 saturated heterocycles. The Morgan fingerprint density at radius 2 is 1.96 bits per heavy atom. The number of amides is 1. The molecular weight excluding hydrogens is 358 g/mol. The van der Waals surface area contributed by atoms with Crippen LogP contribution in [0, 0.1) is 0 Å². The first-order valence-corrected chi connectivity index (χ1v) is 10.8. The minimum Gasteiger partial charge on any atom is -0.348 e. The average Bonchev–Trinajstić information content (AvgIpc) is 3.13. The van der Waals surface area contributed by atoms with Gasteiger partial charge in [-0.2, -0.15) is 0 Å². The van der Waals surface area contributed by atoms with E-state index in [1.807, 2.05) is 30.3 Å². The molecule has 1 aliphatic rings. The van der Waals surface area contributed by atoms with Crippen molar-refractivity contribution in [3.8, 4) is 10.6 Å². The lowest BCUT2D eigenvalue weighted by Gasteiger charge is -2.31. The van der Waals surface area contributed by atoms with E-state index in [-0.39, 0.29) is 17.7 Å². The Bertz CT molecular complexity index is 826. The Labute approximate surface area is 151 Å². The van der Waals surface area contributed by atoms with Crippen LogP contribution in [0.15, 0.2) is 35.7 Å². The SMILES string of the molecule is CCS(=O)(=O)N1CCC(NC(=O)c2csc(-c3ccccc3)n2)CC1. The van der Waals surface area contributed by atoms with Crippen LogP contribution in [-0.4, -0.2) is 48.5 Å². The van der Waals surface area contributed by atoms with E-state index in [0.29, 0.717) is 31.6 Å². The number of hydrogen-bond donors (Lipinski definition) is 1. The first-order chi connectivity index (χ1) is 12.0. The number of piperidine rings is 1.